The monoisotopic (exact) mass is 283 g/mol. The topological polar surface area (TPSA) is 60.1 Å². The molecule has 2 heterocycles. The van der Waals surface area contributed by atoms with Gasteiger partial charge in [0.1, 0.15) is 11.4 Å². The van der Waals surface area contributed by atoms with E-state index in [-0.39, 0.29) is 5.91 Å². The second kappa shape index (κ2) is 5.83. The van der Waals surface area contributed by atoms with Crippen LogP contribution in [0.25, 0.3) is 11.0 Å². The molecule has 5 heteroatoms. The first kappa shape index (κ1) is 13.4. The number of fused-ring (bicyclic) bond motifs is 1. The normalized spacial score (nSPS) is 10.9. The molecule has 3 rings (SSSR count). The van der Waals surface area contributed by atoms with Crippen molar-refractivity contribution in [1.82, 2.24) is 14.9 Å². The number of carbonyl (C=O) groups excluding carboxylic acids is 1. The largest absolute Gasteiger partial charge is 0.464 e. The third kappa shape index (κ3) is 2.81. The molecule has 0 saturated heterocycles. The van der Waals surface area contributed by atoms with E-state index in [1.807, 2.05) is 42.0 Å². The summed E-state index contributed by atoms with van der Waals surface area (Å²) in [6.07, 6.45) is 5.61. The van der Waals surface area contributed by atoms with Gasteiger partial charge in [0.25, 0.3) is 0 Å². The molecule has 5 nitrogen and oxygen atoms in total. The molecule has 21 heavy (non-hydrogen) atoms. The van der Waals surface area contributed by atoms with E-state index < -0.39 is 0 Å². The van der Waals surface area contributed by atoms with Crippen molar-refractivity contribution in [3.05, 3.63) is 54.3 Å². The highest BCUT2D eigenvalue weighted by molar-refractivity contribution is 5.87. The molecule has 0 aliphatic carbocycles. The number of amides is 1. The Morgan fingerprint density at radius 1 is 1.38 bits per heavy atom. The van der Waals surface area contributed by atoms with E-state index in [4.69, 9.17) is 4.42 Å². The van der Waals surface area contributed by atoms with Crippen molar-refractivity contribution in [2.45, 2.75) is 26.4 Å². The van der Waals surface area contributed by atoms with Gasteiger partial charge in [0.15, 0.2) is 0 Å². The number of hydrogen-bond donors (Lipinski definition) is 1. The minimum absolute atomic E-state index is 0.0350. The van der Waals surface area contributed by atoms with E-state index in [2.05, 4.69) is 10.3 Å². The van der Waals surface area contributed by atoms with E-state index >= 15 is 0 Å². The molecular weight excluding hydrogens is 266 g/mol. The Kier molecular flexibility index (Phi) is 3.73. The van der Waals surface area contributed by atoms with Crippen molar-refractivity contribution >= 4 is 16.9 Å². The Morgan fingerprint density at radius 3 is 3.10 bits per heavy atom. The van der Waals surface area contributed by atoms with Crippen LogP contribution >= 0.6 is 0 Å². The van der Waals surface area contributed by atoms with Gasteiger partial charge >= 0.3 is 0 Å². The van der Waals surface area contributed by atoms with Crippen LogP contribution in [0.3, 0.4) is 0 Å². The third-order valence-corrected chi connectivity index (χ3v) is 3.50. The quantitative estimate of drug-likeness (QED) is 0.782. The van der Waals surface area contributed by atoms with E-state index in [0.717, 1.165) is 28.9 Å². The van der Waals surface area contributed by atoms with Crippen LogP contribution in [-0.2, 0) is 24.3 Å². The molecule has 1 N–H and O–H groups in total. The number of aromatic nitrogens is 2. The molecule has 0 radical (unpaired) electrons. The molecule has 1 aromatic carbocycles. The minimum Gasteiger partial charge on any atom is -0.464 e. The van der Waals surface area contributed by atoms with Crippen LogP contribution in [0.2, 0.25) is 0 Å². The number of rotatable bonds is 5. The summed E-state index contributed by atoms with van der Waals surface area (Å²) in [6.45, 7) is 3.33. The van der Waals surface area contributed by atoms with Gasteiger partial charge in [0.2, 0.25) is 5.91 Å². The number of para-hydroxylation sites is 1. The molecule has 1 amide bonds. The number of furan rings is 1. The van der Waals surface area contributed by atoms with Crippen LogP contribution in [0.15, 0.2) is 47.3 Å². The van der Waals surface area contributed by atoms with Gasteiger partial charge in [-0.15, -0.1) is 0 Å². The van der Waals surface area contributed by atoms with Crippen LogP contribution in [0.5, 0.6) is 0 Å². The average molecular weight is 283 g/mol. The third-order valence-electron chi connectivity index (χ3n) is 3.50. The SMILES string of the molecule is CCn1ccnc1CNC(=O)Cc1coc2ccccc12. The standard InChI is InChI=1S/C16H17N3O2/c1-2-19-8-7-17-15(19)10-18-16(20)9-12-11-21-14-6-4-3-5-13(12)14/h3-8,11H,2,9-10H2,1H3,(H,18,20). The molecule has 0 aliphatic rings. The Hall–Kier alpha value is -2.56. The van der Waals surface area contributed by atoms with Crippen LogP contribution in [-0.4, -0.2) is 15.5 Å². The zero-order chi connectivity index (χ0) is 14.7. The van der Waals surface area contributed by atoms with Crippen molar-refractivity contribution < 1.29 is 9.21 Å². The van der Waals surface area contributed by atoms with Crippen molar-refractivity contribution in [3.63, 3.8) is 0 Å². The lowest BCUT2D eigenvalue weighted by Gasteiger charge is -2.06. The van der Waals surface area contributed by atoms with Crippen molar-refractivity contribution in [2.24, 2.45) is 0 Å². The van der Waals surface area contributed by atoms with Gasteiger partial charge in [-0.3, -0.25) is 4.79 Å². The van der Waals surface area contributed by atoms with Gasteiger partial charge in [-0.25, -0.2) is 4.98 Å². The average Bonchev–Trinajstić information content (AvgIpc) is 3.12. The van der Waals surface area contributed by atoms with E-state index in [0.29, 0.717) is 13.0 Å². The maximum atomic E-state index is 12.1. The molecule has 0 aliphatic heterocycles. The van der Waals surface area contributed by atoms with Crippen LogP contribution < -0.4 is 5.32 Å². The lowest BCUT2D eigenvalue weighted by Crippen LogP contribution is -2.26. The summed E-state index contributed by atoms with van der Waals surface area (Å²) in [5.41, 5.74) is 1.71. The van der Waals surface area contributed by atoms with Gasteiger partial charge in [-0.05, 0) is 13.0 Å². The fourth-order valence-corrected chi connectivity index (χ4v) is 2.38. The first-order valence-electron chi connectivity index (χ1n) is 6.99. The fraction of sp³-hybridized carbons (Fsp3) is 0.250. The molecule has 0 atom stereocenters. The predicted molar refractivity (Wildman–Crippen MR) is 79.7 cm³/mol. The van der Waals surface area contributed by atoms with E-state index in [1.165, 1.54) is 0 Å². The number of aryl methyl sites for hydroxylation is 1. The van der Waals surface area contributed by atoms with Crippen LogP contribution in [0, 0.1) is 0 Å². The predicted octanol–water partition coefficient (Wildman–Crippen LogP) is 2.51. The first-order chi connectivity index (χ1) is 10.3. The van der Waals surface area contributed by atoms with Crippen molar-refractivity contribution in [2.75, 3.05) is 0 Å². The molecule has 0 bridgehead atoms. The number of carbonyl (C=O) groups is 1. The van der Waals surface area contributed by atoms with Crippen LogP contribution in [0.4, 0.5) is 0 Å². The number of hydrogen-bond acceptors (Lipinski definition) is 3. The molecule has 0 fully saturated rings. The summed E-state index contributed by atoms with van der Waals surface area (Å²) in [7, 11) is 0. The lowest BCUT2D eigenvalue weighted by atomic mass is 10.1. The second-order valence-electron chi connectivity index (χ2n) is 4.84. The molecule has 3 aromatic rings. The fourth-order valence-electron chi connectivity index (χ4n) is 2.38. The summed E-state index contributed by atoms with van der Waals surface area (Å²) >= 11 is 0. The highest BCUT2D eigenvalue weighted by Gasteiger charge is 2.10. The van der Waals surface area contributed by atoms with Crippen molar-refractivity contribution in [1.29, 1.82) is 0 Å². The number of nitrogens with one attached hydrogen (secondary N) is 1. The Balaban J connectivity index is 1.64. The number of benzene rings is 1. The Morgan fingerprint density at radius 2 is 2.24 bits per heavy atom. The summed E-state index contributed by atoms with van der Waals surface area (Å²) in [6, 6.07) is 7.72. The highest BCUT2D eigenvalue weighted by Crippen LogP contribution is 2.20. The van der Waals surface area contributed by atoms with Gasteiger partial charge in [0.05, 0.1) is 19.2 Å². The first-order valence-corrected chi connectivity index (χ1v) is 6.99. The molecule has 0 saturated carbocycles. The summed E-state index contributed by atoms with van der Waals surface area (Å²) < 4.78 is 7.45. The zero-order valence-corrected chi connectivity index (χ0v) is 11.9. The zero-order valence-electron chi connectivity index (χ0n) is 11.9. The lowest BCUT2D eigenvalue weighted by molar-refractivity contribution is -0.120. The van der Waals surface area contributed by atoms with Gasteiger partial charge in [-0.1, -0.05) is 18.2 Å². The minimum atomic E-state index is -0.0350. The van der Waals surface area contributed by atoms with Gasteiger partial charge in [-0.2, -0.15) is 0 Å². The van der Waals surface area contributed by atoms with E-state index in [1.54, 1.807) is 12.5 Å². The molecule has 2 aromatic heterocycles. The summed E-state index contributed by atoms with van der Waals surface area (Å²) in [4.78, 5) is 16.3. The maximum Gasteiger partial charge on any atom is 0.224 e. The Bertz CT molecular complexity index is 758. The highest BCUT2D eigenvalue weighted by atomic mass is 16.3. The summed E-state index contributed by atoms with van der Waals surface area (Å²) in [5.74, 6) is 0.829. The Labute approximate surface area is 122 Å². The summed E-state index contributed by atoms with van der Waals surface area (Å²) in [5, 5.41) is 3.89. The van der Waals surface area contributed by atoms with Crippen molar-refractivity contribution in [3.8, 4) is 0 Å². The molecule has 108 valence electrons. The van der Waals surface area contributed by atoms with Crippen LogP contribution in [0.1, 0.15) is 18.3 Å². The number of imidazole rings is 1. The molecular formula is C16H17N3O2. The number of nitrogens with zero attached hydrogens (tertiary/aromatic N) is 2. The van der Waals surface area contributed by atoms with E-state index in [9.17, 15) is 4.79 Å². The maximum absolute atomic E-state index is 12.1. The van der Waals surface area contributed by atoms with Gasteiger partial charge in [0, 0.05) is 29.9 Å². The smallest absolute Gasteiger partial charge is 0.224 e. The molecule has 0 unspecified atom stereocenters. The molecule has 0 spiro atoms. The second-order valence-corrected chi connectivity index (χ2v) is 4.84. The van der Waals surface area contributed by atoms with Gasteiger partial charge < -0.3 is 14.3 Å².